The molecular formula is C11H28N2O3Si. The van der Waals surface area contributed by atoms with Crippen LogP contribution in [0.5, 0.6) is 0 Å². The smallest absolute Gasteiger partial charge is 0.377 e. The van der Waals surface area contributed by atoms with Crippen molar-refractivity contribution >= 4 is 8.80 Å². The minimum absolute atomic E-state index is 0.179. The molecule has 6 heteroatoms. The molecule has 0 aromatic carbocycles. The molecule has 0 heterocycles. The first-order valence-corrected chi connectivity index (χ1v) is 8.26. The van der Waals surface area contributed by atoms with Gasteiger partial charge >= 0.3 is 8.80 Å². The number of nitrogens with one attached hydrogen (secondary N) is 1. The summed E-state index contributed by atoms with van der Waals surface area (Å²) in [6.07, 6.45) is 2.12. The molecule has 0 aromatic heterocycles. The fourth-order valence-corrected chi connectivity index (χ4v) is 3.76. The van der Waals surface area contributed by atoms with Crippen molar-refractivity contribution in [3.05, 3.63) is 0 Å². The highest BCUT2D eigenvalue weighted by Crippen LogP contribution is 2.18. The molecule has 0 radical (unpaired) electrons. The predicted molar refractivity (Wildman–Crippen MR) is 72.0 cm³/mol. The van der Waals surface area contributed by atoms with Gasteiger partial charge in [0.1, 0.15) is 0 Å². The van der Waals surface area contributed by atoms with E-state index in [2.05, 4.69) is 12.2 Å². The number of hydrogen-bond acceptors (Lipinski definition) is 5. The third-order valence-corrected chi connectivity index (χ3v) is 5.71. The van der Waals surface area contributed by atoms with Crippen LogP contribution in [0.1, 0.15) is 26.7 Å². The zero-order valence-electron chi connectivity index (χ0n) is 11.6. The van der Waals surface area contributed by atoms with Gasteiger partial charge in [-0.1, -0.05) is 6.92 Å². The van der Waals surface area contributed by atoms with Gasteiger partial charge in [-0.2, -0.15) is 0 Å². The van der Waals surface area contributed by atoms with E-state index < -0.39 is 8.80 Å². The van der Waals surface area contributed by atoms with Crippen LogP contribution < -0.4 is 11.1 Å². The topological polar surface area (TPSA) is 65.7 Å². The largest absolute Gasteiger partial charge is 0.500 e. The summed E-state index contributed by atoms with van der Waals surface area (Å²) in [6.45, 7) is 6.58. The van der Waals surface area contributed by atoms with Crippen LogP contribution in [0.2, 0.25) is 6.04 Å². The third-order valence-electron chi connectivity index (χ3n) is 2.74. The Morgan fingerprint density at radius 3 is 2.35 bits per heavy atom. The number of hydrogen-bond donors (Lipinski definition) is 2. The molecule has 0 amide bonds. The van der Waals surface area contributed by atoms with Gasteiger partial charge in [0.25, 0.3) is 0 Å². The summed E-state index contributed by atoms with van der Waals surface area (Å²) in [5.41, 5.74) is 5.40. The fourth-order valence-electron chi connectivity index (χ4n) is 1.49. The molecule has 0 saturated carbocycles. The van der Waals surface area contributed by atoms with Gasteiger partial charge in [0.2, 0.25) is 0 Å². The SMILES string of the molecule is CCC(C)O[Si](CCCNCCN)(OC)OC. The van der Waals surface area contributed by atoms with Crippen molar-refractivity contribution < 1.29 is 13.3 Å². The molecule has 1 atom stereocenters. The Labute approximate surface area is 106 Å². The highest BCUT2D eigenvalue weighted by Gasteiger charge is 2.39. The van der Waals surface area contributed by atoms with Gasteiger partial charge in [-0.05, 0) is 26.3 Å². The van der Waals surface area contributed by atoms with E-state index in [1.54, 1.807) is 14.2 Å². The second kappa shape index (κ2) is 9.99. The van der Waals surface area contributed by atoms with Crippen molar-refractivity contribution in [2.45, 2.75) is 38.8 Å². The molecule has 0 bridgehead atoms. The Kier molecular flexibility index (Phi) is 10.00. The summed E-state index contributed by atoms with van der Waals surface area (Å²) >= 11 is 0. The van der Waals surface area contributed by atoms with E-state index in [-0.39, 0.29) is 6.10 Å². The lowest BCUT2D eigenvalue weighted by Crippen LogP contribution is -2.46. The van der Waals surface area contributed by atoms with E-state index in [0.717, 1.165) is 32.0 Å². The van der Waals surface area contributed by atoms with Crippen LogP contribution >= 0.6 is 0 Å². The van der Waals surface area contributed by atoms with E-state index in [1.165, 1.54) is 0 Å². The van der Waals surface area contributed by atoms with Crippen molar-refractivity contribution in [1.82, 2.24) is 5.32 Å². The quantitative estimate of drug-likeness (QED) is 0.430. The molecule has 0 saturated heterocycles. The predicted octanol–water partition coefficient (Wildman–Crippen LogP) is 0.972. The van der Waals surface area contributed by atoms with Crippen molar-refractivity contribution in [2.75, 3.05) is 33.9 Å². The molecule has 104 valence electrons. The molecule has 1 unspecified atom stereocenters. The summed E-state index contributed by atoms with van der Waals surface area (Å²) in [6, 6.07) is 0.835. The summed E-state index contributed by atoms with van der Waals surface area (Å²) in [4.78, 5) is 0. The average Bonchev–Trinajstić information content (AvgIpc) is 2.37. The van der Waals surface area contributed by atoms with Crippen molar-refractivity contribution in [1.29, 1.82) is 0 Å². The maximum absolute atomic E-state index is 5.93. The first-order chi connectivity index (χ1) is 8.14. The molecular weight excluding hydrogens is 236 g/mol. The Balaban J connectivity index is 4.02. The van der Waals surface area contributed by atoms with E-state index in [1.807, 2.05) is 6.92 Å². The zero-order valence-corrected chi connectivity index (χ0v) is 12.6. The average molecular weight is 264 g/mol. The number of nitrogens with two attached hydrogens (primary N) is 1. The van der Waals surface area contributed by atoms with Crippen LogP contribution in [0.15, 0.2) is 0 Å². The molecule has 0 aliphatic carbocycles. The monoisotopic (exact) mass is 264 g/mol. The van der Waals surface area contributed by atoms with Crippen LogP contribution in [0.4, 0.5) is 0 Å². The maximum Gasteiger partial charge on any atom is 0.500 e. The first kappa shape index (κ1) is 17.0. The van der Waals surface area contributed by atoms with Crippen molar-refractivity contribution in [3.8, 4) is 0 Å². The summed E-state index contributed by atoms with van der Waals surface area (Å²) in [5.74, 6) is 0. The lowest BCUT2D eigenvalue weighted by atomic mass is 10.3. The van der Waals surface area contributed by atoms with E-state index in [9.17, 15) is 0 Å². The molecule has 0 aliphatic heterocycles. The Morgan fingerprint density at radius 2 is 1.88 bits per heavy atom. The summed E-state index contributed by atoms with van der Waals surface area (Å²) < 4.78 is 17.0. The normalized spacial score (nSPS) is 13.9. The van der Waals surface area contributed by atoms with Crippen LogP contribution in [-0.2, 0) is 13.3 Å². The van der Waals surface area contributed by atoms with E-state index >= 15 is 0 Å². The summed E-state index contributed by atoms with van der Waals surface area (Å²) in [5, 5.41) is 3.25. The highest BCUT2D eigenvalue weighted by atomic mass is 28.4. The van der Waals surface area contributed by atoms with Crippen LogP contribution in [0.3, 0.4) is 0 Å². The van der Waals surface area contributed by atoms with Gasteiger partial charge in [-0.3, -0.25) is 0 Å². The maximum atomic E-state index is 5.93. The highest BCUT2D eigenvalue weighted by molar-refractivity contribution is 6.60. The Bertz CT molecular complexity index is 180. The molecule has 5 nitrogen and oxygen atoms in total. The Morgan fingerprint density at radius 1 is 1.24 bits per heavy atom. The van der Waals surface area contributed by atoms with Crippen LogP contribution in [0, 0.1) is 0 Å². The van der Waals surface area contributed by atoms with E-state index in [4.69, 9.17) is 19.0 Å². The first-order valence-electron chi connectivity index (χ1n) is 6.33. The molecule has 0 fully saturated rings. The van der Waals surface area contributed by atoms with Gasteiger partial charge in [0.15, 0.2) is 0 Å². The van der Waals surface area contributed by atoms with Gasteiger partial charge in [-0.15, -0.1) is 0 Å². The van der Waals surface area contributed by atoms with Gasteiger partial charge in [-0.25, -0.2) is 0 Å². The second-order valence-corrected chi connectivity index (χ2v) is 6.99. The standard InChI is InChI=1S/C11H28N2O3Si/c1-5-11(2)16-17(14-3,15-4)10-6-8-13-9-7-12/h11,13H,5-10,12H2,1-4H3. The van der Waals surface area contributed by atoms with Crippen LogP contribution in [0.25, 0.3) is 0 Å². The fraction of sp³-hybridized carbons (Fsp3) is 1.00. The lowest BCUT2D eigenvalue weighted by Gasteiger charge is -2.29. The number of rotatable bonds is 11. The minimum atomic E-state index is -2.46. The minimum Gasteiger partial charge on any atom is -0.377 e. The second-order valence-electron chi connectivity index (χ2n) is 4.07. The van der Waals surface area contributed by atoms with Gasteiger partial charge in [0, 0.05) is 39.5 Å². The molecule has 0 aliphatic rings. The lowest BCUT2D eigenvalue weighted by molar-refractivity contribution is 0.0607. The zero-order chi connectivity index (χ0) is 13.1. The molecule has 3 N–H and O–H groups in total. The van der Waals surface area contributed by atoms with Crippen molar-refractivity contribution in [2.24, 2.45) is 5.73 Å². The molecule has 0 spiro atoms. The van der Waals surface area contributed by atoms with E-state index in [0.29, 0.717) is 6.54 Å². The molecule has 0 aromatic rings. The summed E-state index contributed by atoms with van der Waals surface area (Å²) in [7, 11) is 0.885. The van der Waals surface area contributed by atoms with Crippen LogP contribution in [-0.4, -0.2) is 48.8 Å². The molecule has 0 rings (SSSR count). The van der Waals surface area contributed by atoms with Gasteiger partial charge < -0.3 is 24.3 Å². The van der Waals surface area contributed by atoms with Crippen molar-refractivity contribution in [3.63, 3.8) is 0 Å². The molecule has 17 heavy (non-hydrogen) atoms. The third kappa shape index (κ3) is 7.12. The van der Waals surface area contributed by atoms with Gasteiger partial charge in [0.05, 0.1) is 0 Å². The Hall–Kier alpha value is 0.0169.